The summed E-state index contributed by atoms with van der Waals surface area (Å²) in [7, 11) is 0. The molecule has 3 aromatic rings. The summed E-state index contributed by atoms with van der Waals surface area (Å²) >= 11 is 0. The van der Waals surface area contributed by atoms with E-state index in [-0.39, 0.29) is 24.2 Å². The van der Waals surface area contributed by atoms with Crippen LogP contribution in [0.5, 0.6) is 0 Å². The topological polar surface area (TPSA) is 101 Å². The minimum absolute atomic E-state index is 0.0811. The predicted molar refractivity (Wildman–Crippen MR) is 92.1 cm³/mol. The molecule has 1 saturated heterocycles. The maximum absolute atomic E-state index is 13.2. The summed E-state index contributed by atoms with van der Waals surface area (Å²) < 4.78 is 10.4. The number of fused-ring (bicyclic) bond motifs is 2. The summed E-state index contributed by atoms with van der Waals surface area (Å²) in [4.78, 5) is 31.2. The van der Waals surface area contributed by atoms with Gasteiger partial charge in [0.25, 0.3) is 5.91 Å². The second kappa shape index (κ2) is 5.80. The number of urea groups is 1. The quantitative estimate of drug-likeness (QED) is 0.717. The van der Waals surface area contributed by atoms with E-state index in [1.807, 2.05) is 24.3 Å². The van der Waals surface area contributed by atoms with Gasteiger partial charge >= 0.3 is 6.03 Å². The van der Waals surface area contributed by atoms with Gasteiger partial charge in [-0.05, 0) is 42.5 Å². The number of nitrogens with zero attached hydrogens (tertiary/aromatic N) is 3. The number of hydrogen-bond donors (Lipinski definition) is 1. The second-order valence-corrected chi connectivity index (χ2v) is 6.73. The Morgan fingerprint density at radius 2 is 2.07 bits per heavy atom. The molecule has 1 aromatic carbocycles. The van der Waals surface area contributed by atoms with Crippen molar-refractivity contribution in [1.29, 1.82) is 0 Å². The third-order valence-electron chi connectivity index (χ3n) is 5.15. The van der Waals surface area contributed by atoms with Gasteiger partial charge in [0.2, 0.25) is 11.7 Å². The van der Waals surface area contributed by atoms with Crippen LogP contribution in [-0.4, -0.2) is 27.0 Å². The fourth-order valence-corrected chi connectivity index (χ4v) is 3.92. The van der Waals surface area contributed by atoms with Crippen LogP contribution in [-0.2, 0) is 23.3 Å². The van der Waals surface area contributed by atoms with Crippen molar-refractivity contribution in [2.45, 2.75) is 31.3 Å². The largest absolute Gasteiger partial charge is 0.461 e. The van der Waals surface area contributed by atoms with E-state index in [0.717, 1.165) is 28.9 Å². The lowest BCUT2D eigenvalue weighted by atomic mass is 9.76. The number of aryl methyl sites for hydroxylation is 1. The van der Waals surface area contributed by atoms with Gasteiger partial charge in [-0.15, -0.1) is 0 Å². The van der Waals surface area contributed by atoms with Crippen molar-refractivity contribution in [2.24, 2.45) is 0 Å². The molecule has 3 amide bonds. The van der Waals surface area contributed by atoms with Crippen molar-refractivity contribution < 1.29 is 18.5 Å². The molecular formula is C19H16N4O4. The summed E-state index contributed by atoms with van der Waals surface area (Å²) in [6, 6.07) is 10.7. The third kappa shape index (κ3) is 2.37. The fourth-order valence-electron chi connectivity index (χ4n) is 3.92. The molecule has 1 fully saturated rings. The number of nitrogens with one attached hydrogen (secondary N) is 1. The Bertz CT molecular complexity index is 1030. The summed E-state index contributed by atoms with van der Waals surface area (Å²) in [5.74, 6) is 0.628. The Morgan fingerprint density at radius 1 is 1.19 bits per heavy atom. The van der Waals surface area contributed by atoms with Gasteiger partial charge in [0.05, 0.1) is 6.26 Å². The summed E-state index contributed by atoms with van der Waals surface area (Å²) in [5.41, 5.74) is 0.964. The van der Waals surface area contributed by atoms with Crippen LogP contribution in [0, 0.1) is 0 Å². The molecule has 1 aliphatic carbocycles. The van der Waals surface area contributed by atoms with E-state index < -0.39 is 11.6 Å². The summed E-state index contributed by atoms with van der Waals surface area (Å²) in [6.45, 7) is -0.0811. The molecule has 0 saturated carbocycles. The normalized spacial score (nSPS) is 21.6. The molecule has 1 N–H and O–H groups in total. The molecule has 1 unspecified atom stereocenters. The van der Waals surface area contributed by atoms with Crippen LogP contribution in [0.25, 0.3) is 11.6 Å². The Morgan fingerprint density at radius 3 is 2.93 bits per heavy atom. The second-order valence-electron chi connectivity index (χ2n) is 6.73. The van der Waals surface area contributed by atoms with Crippen LogP contribution >= 0.6 is 0 Å². The van der Waals surface area contributed by atoms with E-state index in [0.29, 0.717) is 12.2 Å². The molecule has 136 valence electrons. The maximum atomic E-state index is 13.2. The van der Waals surface area contributed by atoms with Crippen LogP contribution < -0.4 is 5.32 Å². The highest BCUT2D eigenvalue weighted by Gasteiger charge is 2.54. The number of carbonyl (C=O) groups is 2. The van der Waals surface area contributed by atoms with Crippen molar-refractivity contribution in [2.75, 3.05) is 0 Å². The minimum Gasteiger partial charge on any atom is -0.461 e. The van der Waals surface area contributed by atoms with E-state index in [4.69, 9.17) is 8.94 Å². The van der Waals surface area contributed by atoms with Crippen LogP contribution in [0.15, 0.2) is 51.6 Å². The number of aromatic nitrogens is 2. The molecule has 2 aliphatic rings. The van der Waals surface area contributed by atoms with E-state index in [2.05, 4.69) is 15.5 Å². The molecule has 1 aliphatic heterocycles. The number of furan rings is 1. The molecule has 5 rings (SSSR count). The van der Waals surface area contributed by atoms with E-state index in [1.54, 1.807) is 12.1 Å². The third-order valence-corrected chi connectivity index (χ3v) is 5.15. The molecular weight excluding hydrogens is 348 g/mol. The average molecular weight is 364 g/mol. The first kappa shape index (κ1) is 15.8. The van der Waals surface area contributed by atoms with E-state index in [1.165, 1.54) is 6.26 Å². The molecule has 27 heavy (non-hydrogen) atoms. The van der Waals surface area contributed by atoms with E-state index >= 15 is 0 Å². The lowest BCUT2D eigenvalue weighted by molar-refractivity contribution is -0.132. The first-order valence-corrected chi connectivity index (χ1v) is 8.76. The van der Waals surface area contributed by atoms with Crippen LogP contribution in [0.4, 0.5) is 4.79 Å². The smallest absolute Gasteiger partial charge is 0.325 e. The fraction of sp³-hybridized carbons (Fsp3) is 0.263. The number of imide groups is 1. The zero-order chi connectivity index (χ0) is 18.4. The number of hydrogen-bond acceptors (Lipinski definition) is 6. The lowest BCUT2D eigenvalue weighted by Gasteiger charge is -2.33. The van der Waals surface area contributed by atoms with Gasteiger partial charge in [-0.2, -0.15) is 4.98 Å². The predicted octanol–water partition coefficient (Wildman–Crippen LogP) is 2.61. The van der Waals surface area contributed by atoms with Crippen LogP contribution in [0.3, 0.4) is 0 Å². The Kier molecular flexibility index (Phi) is 3.40. The molecule has 0 radical (unpaired) electrons. The Labute approximate surface area is 154 Å². The monoisotopic (exact) mass is 364 g/mol. The molecule has 8 nitrogen and oxygen atoms in total. The van der Waals surface area contributed by atoms with Gasteiger partial charge in [-0.1, -0.05) is 29.4 Å². The summed E-state index contributed by atoms with van der Waals surface area (Å²) in [6.07, 6.45) is 3.82. The van der Waals surface area contributed by atoms with Gasteiger partial charge in [-0.3, -0.25) is 9.69 Å². The lowest BCUT2D eigenvalue weighted by Crippen LogP contribution is -2.46. The van der Waals surface area contributed by atoms with Crippen LogP contribution in [0.2, 0.25) is 0 Å². The molecule has 1 atom stereocenters. The molecule has 8 heteroatoms. The van der Waals surface area contributed by atoms with Crippen molar-refractivity contribution in [3.63, 3.8) is 0 Å². The molecule has 0 bridgehead atoms. The van der Waals surface area contributed by atoms with Gasteiger partial charge in [0, 0.05) is 0 Å². The van der Waals surface area contributed by atoms with Crippen molar-refractivity contribution in [1.82, 2.24) is 20.4 Å². The van der Waals surface area contributed by atoms with Crippen molar-refractivity contribution in [3.8, 4) is 11.6 Å². The first-order valence-electron chi connectivity index (χ1n) is 8.76. The molecule has 1 spiro atoms. The first-order chi connectivity index (χ1) is 13.2. The van der Waals surface area contributed by atoms with E-state index in [9.17, 15) is 9.59 Å². The minimum atomic E-state index is -1.00. The highest BCUT2D eigenvalue weighted by atomic mass is 16.5. The van der Waals surface area contributed by atoms with Gasteiger partial charge in [0.15, 0.2) is 5.76 Å². The Hall–Kier alpha value is -3.42. The Balaban J connectivity index is 1.44. The zero-order valence-corrected chi connectivity index (χ0v) is 14.3. The zero-order valence-electron chi connectivity index (χ0n) is 14.3. The number of benzene rings is 1. The molecule has 3 heterocycles. The summed E-state index contributed by atoms with van der Waals surface area (Å²) in [5, 5.41) is 6.75. The van der Waals surface area contributed by atoms with Crippen molar-refractivity contribution in [3.05, 3.63) is 59.7 Å². The highest BCUT2D eigenvalue weighted by molar-refractivity contribution is 6.07. The number of rotatable bonds is 3. The van der Waals surface area contributed by atoms with Gasteiger partial charge in [0.1, 0.15) is 12.1 Å². The van der Waals surface area contributed by atoms with Crippen LogP contribution in [0.1, 0.15) is 29.9 Å². The van der Waals surface area contributed by atoms with Gasteiger partial charge in [-0.25, -0.2) is 4.79 Å². The number of amides is 3. The number of carbonyl (C=O) groups excluding carboxylic acids is 2. The molecule has 2 aromatic heterocycles. The highest BCUT2D eigenvalue weighted by Crippen LogP contribution is 2.40. The standard InChI is InChI=1S/C19H16N4O4/c24-17-19(9-3-6-12-5-1-2-7-13(12)19)21-18(25)23(17)11-15-20-16(22-27-15)14-8-4-10-26-14/h1-2,4-5,7-8,10H,3,6,9,11H2,(H,21,25). The van der Waals surface area contributed by atoms with Gasteiger partial charge < -0.3 is 14.3 Å². The average Bonchev–Trinajstić information content (AvgIpc) is 3.40. The maximum Gasteiger partial charge on any atom is 0.325 e. The SMILES string of the molecule is O=C1NC2(CCCc3ccccc32)C(=O)N1Cc1nc(-c2ccco2)no1. The van der Waals surface area contributed by atoms with Crippen molar-refractivity contribution >= 4 is 11.9 Å².